The van der Waals surface area contributed by atoms with Crippen molar-refractivity contribution in [2.24, 2.45) is 0 Å². The van der Waals surface area contributed by atoms with Crippen molar-refractivity contribution >= 4 is 0 Å². The second kappa shape index (κ2) is 5.10. The van der Waals surface area contributed by atoms with Gasteiger partial charge in [-0.2, -0.15) is 0 Å². The van der Waals surface area contributed by atoms with E-state index in [9.17, 15) is 13.9 Å². The molecule has 0 aliphatic carbocycles. The molecular weight excluding hydrogens is 240 g/mol. The molecule has 0 bridgehead atoms. The Kier molecular flexibility index (Phi) is 3.53. The molecule has 0 saturated carbocycles. The molecule has 1 heterocycles. The molecule has 1 N–H and O–H groups in total. The van der Waals surface area contributed by atoms with Crippen LogP contribution in [0, 0.1) is 11.6 Å². The normalized spacial score (nSPS) is 12.2. The van der Waals surface area contributed by atoms with E-state index in [1.54, 1.807) is 13.0 Å². The summed E-state index contributed by atoms with van der Waals surface area (Å²) >= 11 is 0. The summed E-state index contributed by atoms with van der Waals surface area (Å²) in [5, 5.41) is 9.40. The zero-order valence-electron chi connectivity index (χ0n) is 9.60. The number of aliphatic hydroxyl groups excluding tert-OH is 1. The van der Waals surface area contributed by atoms with Gasteiger partial charge in [-0.15, -0.1) is 0 Å². The van der Waals surface area contributed by atoms with Gasteiger partial charge >= 0.3 is 0 Å². The van der Waals surface area contributed by atoms with Gasteiger partial charge in [-0.3, -0.25) is 0 Å². The van der Waals surface area contributed by atoms with Crippen LogP contribution < -0.4 is 4.74 Å². The summed E-state index contributed by atoms with van der Waals surface area (Å²) in [5.74, 6) is -1.46. The Morgan fingerprint density at radius 1 is 1.22 bits per heavy atom. The Labute approximate surface area is 103 Å². The highest BCUT2D eigenvalue weighted by Gasteiger charge is 2.08. The molecule has 1 aromatic heterocycles. The molecule has 1 aromatic carbocycles. The second-order valence-electron chi connectivity index (χ2n) is 3.78. The Balaban J connectivity index is 2.25. The largest absolute Gasteiger partial charge is 0.436 e. The van der Waals surface area contributed by atoms with Crippen molar-refractivity contribution in [1.82, 2.24) is 4.98 Å². The minimum Gasteiger partial charge on any atom is -0.436 e. The predicted octanol–water partition coefficient (Wildman–Crippen LogP) is 3.21. The van der Waals surface area contributed by atoms with E-state index in [2.05, 4.69) is 4.98 Å². The minimum absolute atomic E-state index is 0.119. The summed E-state index contributed by atoms with van der Waals surface area (Å²) in [7, 11) is 0. The van der Waals surface area contributed by atoms with E-state index < -0.39 is 17.7 Å². The van der Waals surface area contributed by atoms with E-state index in [1.807, 2.05) is 0 Å². The lowest BCUT2D eigenvalue weighted by Crippen LogP contribution is -1.95. The number of nitrogens with zero attached hydrogens (tertiary/aromatic N) is 1. The van der Waals surface area contributed by atoms with Crippen LogP contribution in [0.5, 0.6) is 11.6 Å². The number of hydrogen-bond donors (Lipinski definition) is 1. The number of halogens is 2. The number of hydrogen-bond acceptors (Lipinski definition) is 3. The molecule has 0 saturated heterocycles. The number of ether oxygens (including phenoxy) is 1. The minimum atomic E-state index is -0.806. The van der Waals surface area contributed by atoms with Gasteiger partial charge in [0.2, 0.25) is 5.88 Å². The topological polar surface area (TPSA) is 42.4 Å². The first kappa shape index (κ1) is 12.4. The van der Waals surface area contributed by atoms with Gasteiger partial charge in [-0.05, 0) is 30.7 Å². The van der Waals surface area contributed by atoms with Gasteiger partial charge in [0.15, 0.2) is 11.6 Å². The molecule has 94 valence electrons. The third-order valence-electron chi connectivity index (χ3n) is 2.35. The Morgan fingerprint density at radius 2 is 2.00 bits per heavy atom. The number of aliphatic hydroxyl groups is 1. The van der Waals surface area contributed by atoms with Crippen molar-refractivity contribution in [1.29, 1.82) is 0 Å². The van der Waals surface area contributed by atoms with Crippen molar-refractivity contribution < 1.29 is 18.6 Å². The number of aromatic nitrogens is 1. The highest BCUT2D eigenvalue weighted by Crippen LogP contribution is 2.25. The maximum absolute atomic E-state index is 13.4. The molecule has 18 heavy (non-hydrogen) atoms. The number of pyridine rings is 1. The van der Waals surface area contributed by atoms with Crippen LogP contribution >= 0.6 is 0 Å². The van der Waals surface area contributed by atoms with Gasteiger partial charge in [0.25, 0.3) is 0 Å². The van der Waals surface area contributed by atoms with E-state index in [4.69, 9.17) is 4.74 Å². The maximum atomic E-state index is 13.4. The van der Waals surface area contributed by atoms with Gasteiger partial charge < -0.3 is 9.84 Å². The van der Waals surface area contributed by atoms with E-state index in [0.717, 1.165) is 12.1 Å². The van der Waals surface area contributed by atoms with Crippen molar-refractivity contribution in [3.63, 3.8) is 0 Å². The average Bonchev–Trinajstić information content (AvgIpc) is 2.33. The van der Waals surface area contributed by atoms with Gasteiger partial charge in [-0.25, -0.2) is 13.8 Å². The monoisotopic (exact) mass is 251 g/mol. The summed E-state index contributed by atoms with van der Waals surface area (Å²) in [6, 6.07) is 6.12. The summed E-state index contributed by atoms with van der Waals surface area (Å²) in [5.41, 5.74) is 0.600. The highest BCUT2D eigenvalue weighted by molar-refractivity contribution is 5.31. The molecule has 5 heteroatoms. The Hall–Kier alpha value is -2.01. The fourth-order valence-corrected chi connectivity index (χ4v) is 1.41. The molecule has 0 amide bonds. The lowest BCUT2D eigenvalue weighted by atomic mass is 10.2. The molecule has 0 aliphatic heterocycles. The van der Waals surface area contributed by atoms with E-state index in [1.165, 1.54) is 18.3 Å². The lowest BCUT2D eigenvalue weighted by Gasteiger charge is -2.08. The van der Waals surface area contributed by atoms with Crippen molar-refractivity contribution in [3.05, 3.63) is 53.7 Å². The molecular formula is C13H11F2NO2. The number of rotatable bonds is 3. The number of benzene rings is 1. The molecule has 0 unspecified atom stereocenters. The van der Waals surface area contributed by atoms with Crippen molar-refractivity contribution in [2.45, 2.75) is 13.0 Å². The first-order valence-electron chi connectivity index (χ1n) is 5.33. The molecule has 0 radical (unpaired) electrons. The molecule has 1 atom stereocenters. The third kappa shape index (κ3) is 2.81. The smallest absolute Gasteiger partial charge is 0.219 e. The Morgan fingerprint density at radius 3 is 2.67 bits per heavy atom. The maximum Gasteiger partial charge on any atom is 0.219 e. The van der Waals surface area contributed by atoms with Crippen molar-refractivity contribution in [2.75, 3.05) is 0 Å². The van der Waals surface area contributed by atoms with Crippen LogP contribution in [0.2, 0.25) is 0 Å². The van der Waals surface area contributed by atoms with Crippen molar-refractivity contribution in [3.8, 4) is 11.6 Å². The first-order chi connectivity index (χ1) is 8.56. The molecule has 0 aliphatic rings. The molecule has 3 nitrogen and oxygen atoms in total. The molecule has 0 fully saturated rings. The zero-order chi connectivity index (χ0) is 13.1. The summed E-state index contributed by atoms with van der Waals surface area (Å²) < 4.78 is 31.3. The van der Waals surface area contributed by atoms with Crippen LogP contribution in [-0.2, 0) is 0 Å². The third-order valence-corrected chi connectivity index (χ3v) is 2.35. The van der Waals surface area contributed by atoms with E-state index >= 15 is 0 Å². The predicted molar refractivity (Wildman–Crippen MR) is 61.3 cm³/mol. The van der Waals surface area contributed by atoms with Gasteiger partial charge in [0.05, 0.1) is 6.10 Å². The standard InChI is InChI=1S/C13H11F2NO2/c1-8(17)9-4-5-16-13(6-9)18-12-3-2-10(14)7-11(12)15/h2-8,17H,1H3/t8-/m0/s1. The van der Waals surface area contributed by atoms with Crippen LogP contribution in [0.1, 0.15) is 18.6 Å². The van der Waals surface area contributed by atoms with Crippen LogP contribution in [0.15, 0.2) is 36.5 Å². The zero-order valence-corrected chi connectivity index (χ0v) is 9.60. The lowest BCUT2D eigenvalue weighted by molar-refractivity contribution is 0.198. The molecule has 2 aromatic rings. The SMILES string of the molecule is C[C@H](O)c1ccnc(Oc2ccc(F)cc2F)c1. The van der Waals surface area contributed by atoms with Crippen LogP contribution in [-0.4, -0.2) is 10.1 Å². The Bertz CT molecular complexity index is 558. The summed E-state index contributed by atoms with van der Waals surface area (Å²) in [4.78, 5) is 3.89. The van der Waals surface area contributed by atoms with Crippen LogP contribution in [0.25, 0.3) is 0 Å². The van der Waals surface area contributed by atoms with E-state index in [-0.39, 0.29) is 11.6 Å². The summed E-state index contributed by atoms with van der Waals surface area (Å²) in [6.45, 7) is 1.59. The fourth-order valence-electron chi connectivity index (χ4n) is 1.41. The van der Waals surface area contributed by atoms with Gasteiger partial charge in [0, 0.05) is 18.3 Å². The quantitative estimate of drug-likeness (QED) is 0.910. The molecule has 0 spiro atoms. The van der Waals surface area contributed by atoms with Gasteiger partial charge in [-0.1, -0.05) is 0 Å². The second-order valence-corrected chi connectivity index (χ2v) is 3.78. The van der Waals surface area contributed by atoms with Gasteiger partial charge in [0.1, 0.15) is 5.82 Å². The van der Waals surface area contributed by atoms with E-state index in [0.29, 0.717) is 5.56 Å². The highest BCUT2D eigenvalue weighted by atomic mass is 19.1. The fraction of sp³-hybridized carbons (Fsp3) is 0.154. The molecule has 2 rings (SSSR count). The van der Waals surface area contributed by atoms with Crippen LogP contribution in [0.4, 0.5) is 8.78 Å². The average molecular weight is 251 g/mol. The summed E-state index contributed by atoms with van der Waals surface area (Å²) in [6.07, 6.45) is 0.771. The van der Waals surface area contributed by atoms with Crippen LogP contribution in [0.3, 0.4) is 0 Å². The first-order valence-corrected chi connectivity index (χ1v) is 5.33.